The Morgan fingerprint density at radius 2 is 1.82 bits per heavy atom. The Bertz CT molecular complexity index is 237. The van der Waals surface area contributed by atoms with Gasteiger partial charge in [-0.2, -0.15) is 0 Å². The lowest BCUT2D eigenvalue weighted by Gasteiger charge is -2.29. The number of amides is 1. The normalized spacial score (nSPS) is 25.6. The molecule has 1 rings (SSSR count). The third kappa shape index (κ3) is 6.06. The summed E-state index contributed by atoms with van der Waals surface area (Å²) in [5.74, 6) is 0.897. The molecule has 0 saturated heterocycles. The first kappa shape index (κ1) is 14.5. The summed E-state index contributed by atoms with van der Waals surface area (Å²) >= 11 is 0. The van der Waals surface area contributed by atoms with Crippen LogP contribution in [0, 0.1) is 5.92 Å². The van der Waals surface area contributed by atoms with Crippen LogP contribution in [0.4, 0.5) is 0 Å². The van der Waals surface area contributed by atoms with E-state index < -0.39 is 0 Å². The standard InChI is InChI=1S/C14H27NO2/c1-5-11-6-8-12(9-7-11)15-13(16)10-17-14(2,3)4/h11-12H,5-10H2,1-4H3,(H,15,16). The van der Waals surface area contributed by atoms with Crippen molar-refractivity contribution in [2.75, 3.05) is 6.61 Å². The fraction of sp³-hybridized carbons (Fsp3) is 0.929. The van der Waals surface area contributed by atoms with Crippen molar-refractivity contribution in [2.24, 2.45) is 5.92 Å². The van der Waals surface area contributed by atoms with E-state index in [-0.39, 0.29) is 18.1 Å². The lowest BCUT2D eigenvalue weighted by atomic mass is 9.84. The molecule has 0 aromatic carbocycles. The molecule has 0 heterocycles. The summed E-state index contributed by atoms with van der Waals surface area (Å²) in [5, 5.41) is 3.07. The molecule has 17 heavy (non-hydrogen) atoms. The summed E-state index contributed by atoms with van der Waals surface area (Å²) in [6.45, 7) is 8.32. The van der Waals surface area contributed by atoms with Crippen LogP contribution in [0.2, 0.25) is 0 Å². The molecule has 1 amide bonds. The lowest BCUT2D eigenvalue weighted by molar-refractivity contribution is -0.131. The zero-order valence-corrected chi connectivity index (χ0v) is 11.7. The number of nitrogens with one attached hydrogen (secondary N) is 1. The fourth-order valence-corrected chi connectivity index (χ4v) is 2.27. The van der Waals surface area contributed by atoms with Crippen molar-refractivity contribution >= 4 is 5.91 Å². The molecule has 3 nitrogen and oxygen atoms in total. The number of rotatable bonds is 4. The van der Waals surface area contributed by atoms with Crippen molar-refractivity contribution in [2.45, 2.75) is 71.4 Å². The van der Waals surface area contributed by atoms with E-state index in [2.05, 4.69) is 12.2 Å². The van der Waals surface area contributed by atoms with Crippen LogP contribution in [0.25, 0.3) is 0 Å². The van der Waals surface area contributed by atoms with E-state index in [1.807, 2.05) is 20.8 Å². The van der Waals surface area contributed by atoms with Gasteiger partial charge < -0.3 is 10.1 Å². The van der Waals surface area contributed by atoms with Crippen LogP contribution >= 0.6 is 0 Å². The average Bonchev–Trinajstić information content (AvgIpc) is 2.27. The van der Waals surface area contributed by atoms with Crippen LogP contribution < -0.4 is 5.32 Å². The van der Waals surface area contributed by atoms with Gasteiger partial charge in [0.15, 0.2) is 0 Å². The third-order valence-corrected chi connectivity index (χ3v) is 3.43. The molecule has 0 spiro atoms. The predicted molar refractivity (Wildman–Crippen MR) is 69.9 cm³/mol. The molecule has 3 heteroatoms. The van der Waals surface area contributed by atoms with E-state index in [4.69, 9.17) is 4.74 Å². The number of ether oxygens (including phenoxy) is 1. The summed E-state index contributed by atoms with van der Waals surface area (Å²) in [5.41, 5.74) is -0.239. The first-order chi connectivity index (χ1) is 7.90. The first-order valence-electron chi connectivity index (χ1n) is 6.84. The molecule has 0 aliphatic heterocycles. The highest BCUT2D eigenvalue weighted by molar-refractivity contribution is 5.77. The molecule has 0 aromatic rings. The zero-order chi connectivity index (χ0) is 12.9. The van der Waals surface area contributed by atoms with Gasteiger partial charge in [-0.25, -0.2) is 0 Å². The molecular formula is C14H27NO2. The highest BCUT2D eigenvalue weighted by atomic mass is 16.5. The maximum absolute atomic E-state index is 11.7. The molecule has 0 radical (unpaired) electrons. The highest BCUT2D eigenvalue weighted by Gasteiger charge is 2.21. The lowest BCUT2D eigenvalue weighted by Crippen LogP contribution is -2.40. The van der Waals surface area contributed by atoms with Crippen molar-refractivity contribution in [1.29, 1.82) is 0 Å². The van der Waals surface area contributed by atoms with Crippen molar-refractivity contribution in [3.05, 3.63) is 0 Å². The molecule has 1 aliphatic carbocycles. The largest absolute Gasteiger partial charge is 0.366 e. The van der Waals surface area contributed by atoms with E-state index in [0.717, 1.165) is 18.8 Å². The zero-order valence-electron chi connectivity index (χ0n) is 11.7. The van der Waals surface area contributed by atoms with Gasteiger partial charge in [0.05, 0.1) is 5.60 Å². The topological polar surface area (TPSA) is 38.3 Å². The Hall–Kier alpha value is -0.570. The summed E-state index contributed by atoms with van der Waals surface area (Å²) in [6, 6.07) is 0.369. The minimum atomic E-state index is -0.239. The van der Waals surface area contributed by atoms with Gasteiger partial charge >= 0.3 is 0 Å². The van der Waals surface area contributed by atoms with Gasteiger partial charge in [-0.3, -0.25) is 4.79 Å². The monoisotopic (exact) mass is 241 g/mol. The van der Waals surface area contributed by atoms with Crippen LogP contribution in [-0.4, -0.2) is 24.2 Å². The molecule has 0 unspecified atom stereocenters. The molecule has 1 N–H and O–H groups in total. The second-order valence-electron chi connectivity index (χ2n) is 6.09. The smallest absolute Gasteiger partial charge is 0.246 e. The summed E-state index contributed by atoms with van der Waals surface area (Å²) in [7, 11) is 0. The molecular weight excluding hydrogens is 214 g/mol. The second-order valence-corrected chi connectivity index (χ2v) is 6.09. The summed E-state index contributed by atoms with van der Waals surface area (Å²) in [4.78, 5) is 11.7. The van der Waals surface area contributed by atoms with Crippen molar-refractivity contribution in [3.63, 3.8) is 0 Å². The molecule has 100 valence electrons. The van der Waals surface area contributed by atoms with Crippen LogP contribution in [-0.2, 0) is 9.53 Å². The average molecular weight is 241 g/mol. The number of carbonyl (C=O) groups excluding carboxylic acids is 1. The number of hydrogen-bond donors (Lipinski definition) is 1. The van der Waals surface area contributed by atoms with E-state index in [0.29, 0.717) is 6.04 Å². The van der Waals surface area contributed by atoms with E-state index in [1.54, 1.807) is 0 Å². The number of hydrogen-bond acceptors (Lipinski definition) is 2. The quantitative estimate of drug-likeness (QED) is 0.822. The van der Waals surface area contributed by atoms with Crippen LogP contribution in [0.3, 0.4) is 0 Å². The Balaban J connectivity index is 2.19. The molecule has 0 aromatic heterocycles. The van der Waals surface area contributed by atoms with E-state index in [9.17, 15) is 4.79 Å². The number of carbonyl (C=O) groups is 1. The highest BCUT2D eigenvalue weighted by Crippen LogP contribution is 2.26. The summed E-state index contributed by atoms with van der Waals surface area (Å²) in [6.07, 6.45) is 6.02. The fourth-order valence-electron chi connectivity index (χ4n) is 2.27. The molecule has 0 bridgehead atoms. The molecule has 0 atom stereocenters. The minimum absolute atomic E-state index is 0.0277. The Kier molecular flexibility index (Phi) is 5.44. The van der Waals surface area contributed by atoms with Gasteiger partial charge in [-0.05, 0) is 52.4 Å². The van der Waals surface area contributed by atoms with Gasteiger partial charge in [0.1, 0.15) is 6.61 Å². The predicted octanol–water partition coefficient (Wildman–Crippen LogP) is 2.89. The van der Waals surface area contributed by atoms with Crippen molar-refractivity contribution in [3.8, 4) is 0 Å². The second kappa shape index (κ2) is 6.39. The van der Waals surface area contributed by atoms with Gasteiger partial charge in [-0.1, -0.05) is 13.3 Å². The van der Waals surface area contributed by atoms with E-state index in [1.165, 1.54) is 19.3 Å². The molecule has 1 aliphatic rings. The Morgan fingerprint density at radius 3 is 2.29 bits per heavy atom. The van der Waals surface area contributed by atoms with Gasteiger partial charge in [-0.15, -0.1) is 0 Å². The van der Waals surface area contributed by atoms with Gasteiger partial charge in [0.25, 0.3) is 0 Å². The summed E-state index contributed by atoms with van der Waals surface area (Å²) < 4.78 is 5.46. The first-order valence-corrected chi connectivity index (χ1v) is 6.84. The van der Waals surface area contributed by atoms with Crippen LogP contribution in [0.1, 0.15) is 59.8 Å². The van der Waals surface area contributed by atoms with Crippen molar-refractivity contribution < 1.29 is 9.53 Å². The maximum atomic E-state index is 11.7. The molecule has 1 fully saturated rings. The Labute approximate surface area is 105 Å². The van der Waals surface area contributed by atoms with Gasteiger partial charge in [0.2, 0.25) is 5.91 Å². The third-order valence-electron chi connectivity index (χ3n) is 3.43. The van der Waals surface area contributed by atoms with E-state index >= 15 is 0 Å². The Morgan fingerprint density at radius 1 is 1.24 bits per heavy atom. The minimum Gasteiger partial charge on any atom is -0.366 e. The SMILES string of the molecule is CCC1CCC(NC(=O)COC(C)(C)C)CC1. The molecule has 1 saturated carbocycles. The van der Waals surface area contributed by atoms with Crippen LogP contribution in [0.5, 0.6) is 0 Å². The van der Waals surface area contributed by atoms with Crippen LogP contribution in [0.15, 0.2) is 0 Å². The van der Waals surface area contributed by atoms with Crippen molar-refractivity contribution in [1.82, 2.24) is 5.32 Å². The maximum Gasteiger partial charge on any atom is 0.246 e. The van der Waals surface area contributed by atoms with Gasteiger partial charge in [0, 0.05) is 6.04 Å².